The SMILES string of the molecule is Cc1cc2nc(-c3ccnc(-c4cncc(C(=O)O)c4)c3)sc2c(-c2ccc(Cl)cc2)c1CC(=O)O. The zero-order valence-corrected chi connectivity index (χ0v) is 20.5. The molecule has 5 aromatic rings. The van der Waals surface area contributed by atoms with Crippen LogP contribution >= 0.6 is 22.9 Å². The number of aryl methyl sites for hydroxylation is 1. The Morgan fingerprint density at radius 2 is 1.75 bits per heavy atom. The summed E-state index contributed by atoms with van der Waals surface area (Å²) < 4.78 is 0.877. The quantitative estimate of drug-likeness (QED) is 0.270. The second-order valence-electron chi connectivity index (χ2n) is 8.19. The fourth-order valence-corrected chi connectivity index (χ4v) is 5.34. The lowest BCUT2D eigenvalue weighted by Crippen LogP contribution is -2.04. The fraction of sp³-hybridized carbons (Fsp3) is 0.0741. The molecule has 0 atom stereocenters. The molecule has 0 saturated carbocycles. The van der Waals surface area contributed by atoms with Crippen molar-refractivity contribution in [2.75, 3.05) is 0 Å². The van der Waals surface area contributed by atoms with E-state index in [2.05, 4.69) is 9.97 Å². The Morgan fingerprint density at radius 1 is 0.972 bits per heavy atom. The van der Waals surface area contributed by atoms with E-state index in [4.69, 9.17) is 16.6 Å². The number of fused-ring (bicyclic) bond motifs is 1. The van der Waals surface area contributed by atoms with Crippen LogP contribution in [0.5, 0.6) is 0 Å². The number of hydrogen-bond donors (Lipinski definition) is 2. The minimum absolute atomic E-state index is 0.0775. The normalized spacial score (nSPS) is 11.1. The van der Waals surface area contributed by atoms with Crippen molar-refractivity contribution in [3.63, 3.8) is 0 Å². The van der Waals surface area contributed by atoms with Gasteiger partial charge in [-0.2, -0.15) is 0 Å². The summed E-state index contributed by atoms with van der Waals surface area (Å²) in [4.78, 5) is 36.3. The highest BCUT2D eigenvalue weighted by Gasteiger charge is 2.20. The minimum Gasteiger partial charge on any atom is -0.481 e. The van der Waals surface area contributed by atoms with Crippen molar-refractivity contribution in [2.24, 2.45) is 0 Å². The number of hydrogen-bond acceptors (Lipinski definition) is 6. The van der Waals surface area contributed by atoms with E-state index in [0.29, 0.717) is 16.3 Å². The largest absolute Gasteiger partial charge is 0.481 e. The molecule has 9 heteroatoms. The van der Waals surface area contributed by atoms with Gasteiger partial charge in [0.05, 0.1) is 27.9 Å². The Morgan fingerprint density at radius 3 is 2.47 bits per heavy atom. The van der Waals surface area contributed by atoms with Crippen molar-refractivity contribution < 1.29 is 19.8 Å². The number of pyridine rings is 2. The summed E-state index contributed by atoms with van der Waals surface area (Å²) >= 11 is 7.57. The number of rotatable bonds is 6. The second-order valence-corrected chi connectivity index (χ2v) is 9.62. The lowest BCUT2D eigenvalue weighted by molar-refractivity contribution is -0.136. The molecule has 0 unspecified atom stereocenters. The molecule has 7 nitrogen and oxygen atoms in total. The Kier molecular flexibility index (Phi) is 6.22. The molecule has 0 spiro atoms. The molecule has 0 radical (unpaired) electrons. The van der Waals surface area contributed by atoms with Gasteiger partial charge in [-0.3, -0.25) is 14.8 Å². The van der Waals surface area contributed by atoms with Crippen LogP contribution in [0, 0.1) is 6.92 Å². The number of aliphatic carboxylic acids is 1. The third-order valence-electron chi connectivity index (χ3n) is 5.76. The van der Waals surface area contributed by atoms with E-state index in [1.54, 1.807) is 24.5 Å². The summed E-state index contributed by atoms with van der Waals surface area (Å²) in [5.74, 6) is -1.97. The van der Waals surface area contributed by atoms with Crippen LogP contribution in [0.2, 0.25) is 5.02 Å². The molecule has 0 bridgehead atoms. The van der Waals surface area contributed by atoms with Crippen LogP contribution in [0.4, 0.5) is 0 Å². The van der Waals surface area contributed by atoms with Crippen molar-refractivity contribution in [1.29, 1.82) is 0 Å². The van der Waals surface area contributed by atoms with Gasteiger partial charge in [-0.15, -0.1) is 11.3 Å². The number of carboxylic acids is 2. The number of aromatic nitrogens is 3. The van der Waals surface area contributed by atoms with Gasteiger partial charge in [-0.25, -0.2) is 9.78 Å². The maximum atomic E-state index is 11.7. The highest BCUT2D eigenvalue weighted by atomic mass is 35.5. The Bertz CT molecular complexity index is 1650. The number of nitrogens with zero attached hydrogens (tertiary/aromatic N) is 3. The fourth-order valence-electron chi connectivity index (χ4n) is 4.08. The molecular weight excluding hydrogens is 498 g/mol. The highest BCUT2D eigenvalue weighted by molar-refractivity contribution is 7.22. The Hall–Kier alpha value is -4.14. The maximum absolute atomic E-state index is 11.7. The summed E-state index contributed by atoms with van der Waals surface area (Å²) in [6, 6.07) is 14.5. The molecule has 0 fully saturated rings. The summed E-state index contributed by atoms with van der Waals surface area (Å²) in [6.07, 6.45) is 4.39. The number of halogens is 1. The van der Waals surface area contributed by atoms with Crippen LogP contribution in [-0.2, 0) is 11.2 Å². The Labute approximate surface area is 214 Å². The first-order valence-corrected chi connectivity index (χ1v) is 12.1. The number of carbonyl (C=O) groups is 2. The topological polar surface area (TPSA) is 113 Å². The molecule has 3 aromatic heterocycles. The number of aromatic carboxylic acids is 1. The van der Waals surface area contributed by atoms with Crippen LogP contribution in [0.15, 0.2) is 67.1 Å². The molecule has 0 aliphatic carbocycles. The van der Waals surface area contributed by atoms with Crippen molar-refractivity contribution in [1.82, 2.24) is 15.0 Å². The van der Waals surface area contributed by atoms with Gasteiger partial charge in [-0.1, -0.05) is 23.7 Å². The lowest BCUT2D eigenvalue weighted by Gasteiger charge is -2.13. The summed E-state index contributed by atoms with van der Waals surface area (Å²) in [7, 11) is 0. The third-order valence-corrected chi connectivity index (χ3v) is 7.15. The minimum atomic E-state index is -1.06. The monoisotopic (exact) mass is 515 g/mol. The van der Waals surface area contributed by atoms with Gasteiger partial charge in [0.15, 0.2) is 0 Å². The smallest absolute Gasteiger partial charge is 0.337 e. The first-order chi connectivity index (χ1) is 17.3. The molecule has 3 heterocycles. The average Bonchev–Trinajstić information content (AvgIpc) is 3.28. The van der Waals surface area contributed by atoms with Crippen LogP contribution in [-0.4, -0.2) is 37.1 Å². The molecular formula is C27H18ClN3O4S. The van der Waals surface area contributed by atoms with Gasteiger partial charge in [0.1, 0.15) is 5.01 Å². The Balaban J connectivity index is 1.67. The third kappa shape index (κ3) is 4.56. The van der Waals surface area contributed by atoms with E-state index in [-0.39, 0.29) is 12.0 Å². The van der Waals surface area contributed by atoms with Crippen LogP contribution < -0.4 is 0 Å². The average molecular weight is 516 g/mol. The molecule has 0 amide bonds. The maximum Gasteiger partial charge on any atom is 0.337 e. The van der Waals surface area contributed by atoms with E-state index in [0.717, 1.165) is 43.0 Å². The van der Waals surface area contributed by atoms with Gasteiger partial charge in [0.25, 0.3) is 0 Å². The van der Waals surface area contributed by atoms with Gasteiger partial charge in [-0.05, 0) is 60.0 Å². The zero-order chi connectivity index (χ0) is 25.4. The van der Waals surface area contributed by atoms with Crippen molar-refractivity contribution >= 4 is 45.1 Å². The number of benzene rings is 2. The van der Waals surface area contributed by atoms with E-state index in [1.807, 2.05) is 37.3 Å². The first-order valence-electron chi connectivity index (χ1n) is 10.9. The van der Waals surface area contributed by atoms with Gasteiger partial charge in [0, 0.05) is 40.3 Å². The second kappa shape index (κ2) is 9.49. The van der Waals surface area contributed by atoms with E-state index >= 15 is 0 Å². The molecule has 2 aromatic carbocycles. The zero-order valence-electron chi connectivity index (χ0n) is 18.9. The molecule has 36 heavy (non-hydrogen) atoms. The van der Waals surface area contributed by atoms with Gasteiger partial charge >= 0.3 is 11.9 Å². The van der Waals surface area contributed by atoms with Crippen molar-refractivity contribution in [3.8, 4) is 33.0 Å². The van der Waals surface area contributed by atoms with Crippen molar-refractivity contribution in [3.05, 3.63) is 88.8 Å². The molecule has 5 rings (SSSR count). The molecule has 178 valence electrons. The molecule has 0 saturated heterocycles. The first kappa shape index (κ1) is 23.6. The standard InChI is InChI=1S/C27H18ClN3O4S/c1-14-8-22-25(24(20(14)11-23(32)33)15-2-4-19(28)5-3-15)36-26(31-22)16-6-7-30-21(10-16)17-9-18(27(34)35)13-29-12-17/h2-10,12-13H,11H2,1H3,(H,32,33)(H,34,35). The van der Waals surface area contributed by atoms with Crippen LogP contribution in [0.25, 0.3) is 43.2 Å². The predicted octanol–water partition coefficient (Wildman–Crippen LogP) is 6.37. The summed E-state index contributed by atoms with van der Waals surface area (Å²) in [6.45, 7) is 1.89. The summed E-state index contributed by atoms with van der Waals surface area (Å²) in [5, 5.41) is 20.2. The van der Waals surface area contributed by atoms with E-state index in [1.165, 1.54) is 23.6 Å². The highest BCUT2D eigenvalue weighted by Crippen LogP contribution is 2.41. The van der Waals surface area contributed by atoms with E-state index in [9.17, 15) is 19.8 Å². The van der Waals surface area contributed by atoms with Crippen LogP contribution in [0.1, 0.15) is 21.5 Å². The van der Waals surface area contributed by atoms with Crippen LogP contribution in [0.3, 0.4) is 0 Å². The molecule has 0 aliphatic heterocycles. The number of thiazole rings is 1. The predicted molar refractivity (Wildman–Crippen MR) is 140 cm³/mol. The summed E-state index contributed by atoms with van der Waals surface area (Å²) in [5.41, 5.74) is 6.09. The van der Waals surface area contributed by atoms with Gasteiger partial charge in [0.2, 0.25) is 0 Å². The number of carboxylic acid groups (broad SMARTS) is 2. The lowest BCUT2D eigenvalue weighted by atomic mass is 9.93. The van der Waals surface area contributed by atoms with E-state index < -0.39 is 11.9 Å². The molecule has 0 aliphatic rings. The van der Waals surface area contributed by atoms with Crippen molar-refractivity contribution in [2.45, 2.75) is 13.3 Å². The van der Waals surface area contributed by atoms with Gasteiger partial charge < -0.3 is 10.2 Å². The molecule has 2 N–H and O–H groups in total.